The summed E-state index contributed by atoms with van der Waals surface area (Å²) in [6, 6.07) is 0. The molecule has 0 fully saturated rings. The van der Waals surface area contributed by atoms with Crippen molar-refractivity contribution in [2.45, 2.75) is 174 Å². The van der Waals surface area contributed by atoms with E-state index < -0.39 is 6.10 Å². The summed E-state index contributed by atoms with van der Waals surface area (Å²) >= 11 is 0. The minimum absolute atomic E-state index is 0.133. The third-order valence-electron chi connectivity index (χ3n) is 7.54. The quantitative estimate of drug-likeness (QED) is 0.0462. The molecule has 1 unspecified atom stereocenters. The fourth-order valence-corrected chi connectivity index (χ4v) is 4.73. The van der Waals surface area contributed by atoms with E-state index in [1.165, 1.54) is 83.5 Å². The number of hydrogen-bond donors (Lipinski definition) is 1. The molecule has 0 rings (SSSR count). The summed E-state index contributed by atoms with van der Waals surface area (Å²) in [4.78, 5) is 23.8. The molecular weight excluding hydrogens is 548 g/mol. The lowest BCUT2D eigenvalue weighted by atomic mass is 10.1. The van der Waals surface area contributed by atoms with Crippen LogP contribution in [0.1, 0.15) is 168 Å². The number of unbranched alkanes of at least 4 members (excludes halogenated alkanes) is 16. The van der Waals surface area contributed by atoms with Crippen LogP contribution in [0.2, 0.25) is 0 Å². The van der Waals surface area contributed by atoms with Gasteiger partial charge in [0.1, 0.15) is 19.3 Å². The van der Waals surface area contributed by atoms with E-state index in [-0.39, 0.29) is 25.2 Å². The van der Waals surface area contributed by atoms with E-state index >= 15 is 0 Å². The van der Waals surface area contributed by atoms with Gasteiger partial charge in [0.25, 0.3) is 0 Å². The summed E-state index contributed by atoms with van der Waals surface area (Å²) in [6.07, 6.45) is 43.0. The van der Waals surface area contributed by atoms with Crippen molar-refractivity contribution in [3.8, 4) is 0 Å². The number of carbonyl (C=O) groups is 2. The third kappa shape index (κ3) is 34.4. The number of esters is 2. The lowest BCUT2D eigenvalue weighted by Gasteiger charge is -2.12. The highest BCUT2D eigenvalue weighted by molar-refractivity contribution is 5.69. The Morgan fingerprint density at radius 3 is 1.30 bits per heavy atom. The van der Waals surface area contributed by atoms with Gasteiger partial charge >= 0.3 is 11.9 Å². The van der Waals surface area contributed by atoms with Crippen LogP contribution in [0.15, 0.2) is 48.6 Å². The Hall–Kier alpha value is -2.14. The molecule has 1 atom stereocenters. The van der Waals surface area contributed by atoms with Gasteiger partial charge in [-0.2, -0.15) is 0 Å². The Kier molecular flexibility index (Phi) is 33.6. The van der Waals surface area contributed by atoms with E-state index in [4.69, 9.17) is 9.47 Å². The molecule has 0 aromatic carbocycles. The van der Waals surface area contributed by atoms with Crippen LogP contribution in [0.25, 0.3) is 0 Å². The minimum Gasteiger partial charge on any atom is -0.463 e. The van der Waals surface area contributed by atoms with Gasteiger partial charge in [-0.25, -0.2) is 0 Å². The first kappa shape index (κ1) is 41.9. The van der Waals surface area contributed by atoms with Gasteiger partial charge < -0.3 is 14.6 Å². The van der Waals surface area contributed by atoms with Crippen molar-refractivity contribution in [3.63, 3.8) is 0 Å². The van der Waals surface area contributed by atoms with Gasteiger partial charge in [0, 0.05) is 12.8 Å². The van der Waals surface area contributed by atoms with Crippen molar-refractivity contribution in [2.75, 3.05) is 13.2 Å². The molecule has 0 amide bonds. The second-order valence-corrected chi connectivity index (χ2v) is 12.0. The number of carbonyl (C=O) groups excluding carboxylic acids is 2. The number of allylic oxidation sites excluding steroid dienone is 8. The van der Waals surface area contributed by atoms with Gasteiger partial charge in [-0.05, 0) is 77.0 Å². The molecule has 5 heteroatoms. The van der Waals surface area contributed by atoms with E-state index in [1.54, 1.807) is 0 Å². The fraction of sp³-hybridized carbons (Fsp3) is 0.744. The van der Waals surface area contributed by atoms with Crippen LogP contribution in [-0.4, -0.2) is 36.4 Å². The highest BCUT2D eigenvalue weighted by Crippen LogP contribution is 2.11. The van der Waals surface area contributed by atoms with Crippen LogP contribution in [0.4, 0.5) is 0 Å². The molecule has 5 nitrogen and oxygen atoms in total. The van der Waals surface area contributed by atoms with Crippen molar-refractivity contribution in [1.29, 1.82) is 0 Å². The Morgan fingerprint density at radius 1 is 0.477 bits per heavy atom. The van der Waals surface area contributed by atoms with Crippen molar-refractivity contribution in [3.05, 3.63) is 48.6 Å². The Balaban J connectivity index is 3.53. The van der Waals surface area contributed by atoms with Crippen molar-refractivity contribution >= 4 is 11.9 Å². The van der Waals surface area contributed by atoms with Crippen molar-refractivity contribution < 1.29 is 24.2 Å². The first-order chi connectivity index (χ1) is 21.6. The highest BCUT2D eigenvalue weighted by Gasteiger charge is 2.12. The lowest BCUT2D eigenvalue weighted by Crippen LogP contribution is -2.25. The number of aliphatic hydroxyl groups excluding tert-OH is 1. The molecule has 0 aromatic rings. The lowest BCUT2D eigenvalue weighted by molar-refractivity contribution is -0.152. The Labute approximate surface area is 271 Å². The number of hydrogen-bond acceptors (Lipinski definition) is 5. The molecular formula is C39H68O5. The molecule has 0 spiro atoms. The Bertz CT molecular complexity index is 752. The van der Waals surface area contributed by atoms with Crippen LogP contribution in [-0.2, 0) is 19.1 Å². The first-order valence-electron chi connectivity index (χ1n) is 18.2. The summed E-state index contributed by atoms with van der Waals surface area (Å²) in [6.45, 7) is 4.21. The molecule has 1 N–H and O–H groups in total. The summed E-state index contributed by atoms with van der Waals surface area (Å²) in [7, 11) is 0. The molecule has 0 bridgehead atoms. The van der Waals surface area contributed by atoms with Crippen LogP contribution in [0.3, 0.4) is 0 Å². The smallest absolute Gasteiger partial charge is 0.305 e. The standard InChI is InChI=1S/C39H68O5/c1-3-5-7-9-11-13-15-17-19-21-23-25-27-29-31-33-38(41)43-35-37(40)36-44-39(42)34-32-30-28-26-24-22-20-18-16-14-12-10-8-6-4-2/h11,13,17-20,23,25,37,40H,3-10,12,14-16,21-22,24,26-36H2,1-2H3/b13-11-,19-17-,20-18-,25-23-. The molecule has 254 valence electrons. The zero-order valence-corrected chi connectivity index (χ0v) is 28.7. The molecule has 0 saturated carbocycles. The zero-order chi connectivity index (χ0) is 32.2. The van der Waals surface area contributed by atoms with Crippen LogP contribution < -0.4 is 0 Å². The molecule has 0 aliphatic heterocycles. The largest absolute Gasteiger partial charge is 0.463 e. The molecule has 0 saturated heterocycles. The van der Waals surface area contributed by atoms with Gasteiger partial charge in [-0.1, -0.05) is 127 Å². The summed E-state index contributed by atoms with van der Waals surface area (Å²) in [5, 5.41) is 9.98. The summed E-state index contributed by atoms with van der Waals surface area (Å²) < 4.78 is 10.3. The second-order valence-electron chi connectivity index (χ2n) is 12.0. The number of rotatable bonds is 32. The summed E-state index contributed by atoms with van der Waals surface area (Å²) in [5.41, 5.74) is 0. The topological polar surface area (TPSA) is 72.8 Å². The van der Waals surface area contributed by atoms with E-state index in [9.17, 15) is 14.7 Å². The number of aliphatic hydroxyl groups is 1. The highest BCUT2D eigenvalue weighted by atomic mass is 16.6. The molecule has 44 heavy (non-hydrogen) atoms. The predicted molar refractivity (Wildman–Crippen MR) is 187 cm³/mol. The van der Waals surface area contributed by atoms with Crippen LogP contribution >= 0.6 is 0 Å². The minimum atomic E-state index is -0.982. The van der Waals surface area contributed by atoms with Gasteiger partial charge in [0.15, 0.2) is 0 Å². The molecule has 0 heterocycles. The van der Waals surface area contributed by atoms with Crippen LogP contribution in [0, 0.1) is 0 Å². The summed E-state index contributed by atoms with van der Waals surface area (Å²) in [5.74, 6) is -0.621. The van der Waals surface area contributed by atoms with Crippen LogP contribution in [0.5, 0.6) is 0 Å². The maximum Gasteiger partial charge on any atom is 0.305 e. The average Bonchev–Trinajstić information content (AvgIpc) is 3.02. The van der Waals surface area contributed by atoms with E-state index in [1.807, 2.05) is 0 Å². The van der Waals surface area contributed by atoms with Crippen molar-refractivity contribution in [2.24, 2.45) is 0 Å². The maximum absolute atomic E-state index is 11.9. The SMILES string of the molecule is CCCCC/C=C\C/C=C\C/C=C\CCCCC(=O)OCC(O)COC(=O)CCCCCCC/C=C\CCCCCCCC. The second kappa shape index (κ2) is 35.3. The number of ether oxygens (including phenoxy) is 2. The zero-order valence-electron chi connectivity index (χ0n) is 28.7. The van der Waals surface area contributed by atoms with Gasteiger partial charge in [0.05, 0.1) is 0 Å². The first-order valence-corrected chi connectivity index (χ1v) is 18.2. The maximum atomic E-state index is 11.9. The molecule has 0 aromatic heterocycles. The van der Waals surface area contributed by atoms with E-state index in [0.717, 1.165) is 57.8 Å². The van der Waals surface area contributed by atoms with Gasteiger partial charge in [-0.3, -0.25) is 9.59 Å². The average molecular weight is 617 g/mol. The Morgan fingerprint density at radius 2 is 0.795 bits per heavy atom. The van der Waals surface area contributed by atoms with Crippen molar-refractivity contribution in [1.82, 2.24) is 0 Å². The molecule has 0 radical (unpaired) electrons. The monoisotopic (exact) mass is 617 g/mol. The van der Waals surface area contributed by atoms with Gasteiger partial charge in [0.2, 0.25) is 0 Å². The third-order valence-corrected chi connectivity index (χ3v) is 7.54. The molecule has 0 aliphatic carbocycles. The van der Waals surface area contributed by atoms with E-state index in [0.29, 0.717) is 12.8 Å². The fourth-order valence-electron chi connectivity index (χ4n) is 4.73. The van der Waals surface area contributed by atoms with Gasteiger partial charge in [-0.15, -0.1) is 0 Å². The van der Waals surface area contributed by atoms with E-state index in [2.05, 4.69) is 62.5 Å². The molecule has 0 aliphatic rings. The predicted octanol–water partition coefficient (Wildman–Crippen LogP) is 11.1. The normalized spacial score (nSPS) is 12.7.